The van der Waals surface area contributed by atoms with Gasteiger partial charge in [0, 0.05) is 15.1 Å². The van der Waals surface area contributed by atoms with Gasteiger partial charge in [0.15, 0.2) is 11.5 Å². The van der Waals surface area contributed by atoms with Crippen LogP contribution in [-0.4, -0.2) is 24.6 Å². The molecule has 3 aromatic carbocycles. The Kier molecular flexibility index (Phi) is 9.49. The first kappa shape index (κ1) is 25.3. The molecule has 0 radical (unpaired) electrons. The summed E-state index contributed by atoms with van der Waals surface area (Å²) in [5, 5.41) is 7.22. The third-order valence-corrected chi connectivity index (χ3v) is 5.54. The Balaban J connectivity index is 1.55. The molecule has 3 rings (SSSR count). The molecule has 0 heterocycles. The van der Waals surface area contributed by atoms with Crippen LogP contribution in [0.4, 0.5) is 5.69 Å². The maximum atomic E-state index is 12.1. The van der Waals surface area contributed by atoms with Gasteiger partial charge in [0.1, 0.15) is 13.0 Å². The van der Waals surface area contributed by atoms with Gasteiger partial charge >= 0.3 is 0 Å². The summed E-state index contributed by atoms with van der Waals surface area (Å²) in [6, 6.07) is 19.9. The Hall–Kier alpha value is -3.36. The van der Waals surface area contributed by atoms with E-state index in [2.05, 4.69) is 31.8 Å². The van der Waals surface area contributed by atoms with Crippen LogP contribution in [0.1, 0.15) is 24.5 Å². The lowest BCUT2D eigenvalue weighted by atomic mass is 10.2. The molecular formula is C25H23BrClN3O4. The number of hydrogen-bond acceptors (Lipinski definition) is 5. The van der Waals surface area contributed by atoms with Gasteiger partial charge in [0.05, 0.1) is 18.5 Å². The van der Waals surface area contributed by atoms with Gasteiger partial charge in [0.25, 0.3) is 0 Å². The zero-order valence-electron chi connectivity index (χ0n) is 18.4. The fourth-order valence-electron chi connectivity index (χ4n) is 2.88. The fourth-order valence-corrected chi connectivity index (χ4v) is 3.46. The summed E-state index contributed by atoms with van der Waals surface area (Å²) < 4.78 is 12.3. The van der Waals surface area contributed by atoms with Crippen molar-refractivity contribution in [3.05, 3.63) is 87.4 Å². The molecule has 3 aromatic rings. The average molecular weight is 545 g/mol. The lowest BCUT2D eigenvalue weighted by Crippen LogP contribution is -2.24. The minimum Gasteiger partial charge on any atom is -0.490 e. The highest BCUT2D eigenvalue weighted by atomic mass is 79.9. The molecule has 0 aromatic heterocycles. The molecule has 2 N–H and O–H groups in total. The number of para-hydroxylation sites is 1. The van der Waals surface area contributed by atoms with Crippen molar-refractivity contribution in [1.82, 2.24) is 5.43 Å². The molecule has 0 bridgehead atoms. The molecule has 0 saturated carbocycles. The molecule has 2 amide bonds. The lowest BCUT2D eigenvalue weighted by Gasteiger charge is -2.13. The SMILES string of the molecule is CCOc1cc(C=NNC(=O)CC(=O)Nc2ccccc2Br)ccc1OCc1ccccc1Cl. The largest absolute Gasteiger partial charge is 0.490 e. The van der Waals surface area contributed by atoms with Crippen molar-refractivity contribution in [1.29, 1.82) is 0 Å². The normalized spacial score (nSPS) is 10.7. The third kappa shape index (κ3) is 7.60. The smallest absolute Gasteiger partial charge is 0.249 e. The van der Waals surface area contributed by atoms with E-state index in [1.807, 2.05) is 37.3 Å². The summed E-state index contributed by atoms with van der Waals surface area (Å²) >= 11 is 9.53. The van der Waals surface area contributed by atoms with E-state index < -0.39 is 11.8 Å². The minimum atomic E-state index is -0.537. The van der Waals surface area contributed by atoms with Crippen LogP contribution in [0.5, 0.6) is 11.5 Å². The van der Waals surface area contributed by atoms with Gasteiger partial charge in [-0.05, 0) is 64.8 Å². The van der Waals surface area contributed by atoms with Gasteiger partial charge in [-0.15, -0.1) is 0 Å². The second kappa shape index (κ2) is 12.8. The first-order valence-corrected chi connectivity index (χ1v) is 11.6. The zero-order valence-corrected chi connectivity index (χ0v) is 20.7. The highest BCUT2D eigenvalue weighted by molar-refractivity contribution is 9.10. The van der Waals surface area contributed by atoms with Crippen LogP contribution in [0.15, 0.2) is 76.3 Å². The van der Waals surface area contributed by atoms with E-state index in [0.29, 0.717) is 41.0 Å². The molecule has 0 unspecified atom stereocenters. The topological polar surface area (TPSA) is 89.0 Å². The van der Waals surface area contributed by atoms with Crippen LogP contribution in [-0.2, 0) is 16.2 Å². The fraction of sp³-hybridized carbons (Fsp3) is 0.160. The van der Waals surface area contributed by atoms with E-state index in [1.165, 1.54) is 6.21 Å². The number of nitrogens with zero attached hydrogens (tertiary/aromatic N) is 1. The molecule has 0 aliphatic rings. The van der Waals surface area contributed by atoms with Crippen molar-refractivity contribution < 1.29 is 19.1 Å². The molecule has 7 nitrogen and oxygen atoms in total. The second-order valence-corrected chi connectivity index (χ2v) is 8.28. The van der Waals surface area contributed by atoms with Gasteiger partial charge < -0.3 is 14.8 Å². The molecule has 9 heteroatoms. The molecule has 0 spiro atoms. The van der Waals surface area contributed by atoms with E-state index >= 15 is 0 Å². The second-order valence-electron chi connectivity index (χ2n) is 7.02. The van der Waals surface area contributed by atoms with Gasteiger partial charge in [-0.1, -0.05) is 41.9 Å². The molecule has 176 valence electrons. The van der Waals surface area contributed by atoms with E-state index in [4.69, 9.17) is 21.1 Å². The van der Waals surface area contributed by atoms with Crippen LogP contribution in [0.2, 0.25) is 5.02 Å². The number of anilines is 1. The minimum absolute atomic E-state index is 0.296. The number of amides is 2. The van der Waals surface area contributed by atoms with Crippen LogP contribution in [0.3, 0.4) is 0 Å². The lowest BCUT2D eigenvalue weighted by molar-refractivity contribution is -0.126. The van der Waals surface area contributed by atoms with Crippen molar-refractivity contribution >= 4 is 51.2 Å². The highest BCUT2D eigenvalue weighted by Crippen LogP contribution is 2.29. The van der Waals surface area contributed by atoms with Crippen LogP contribution in [0, 0.1) is 0 Å². The molecular weight excluding hydrogens is 522 g/mol. The number of hydrogen-bond donors (Lipinski definition) is 2. The van der Waals surface area contributed by atoms with Crippen molar-refractivity contribution in [2.45, 2.75) is 20.0 Å². The number of benzene rings is 3. The number of carbonyl (C=O) groups is 2. The number of ether oxygens (including phenoxy) is 2. The highest BCUT2D eigenvalue weighted by Gasteiger charge is 2.11. The summed E-state index contributed by atoms with van der Waals surface area (Å²) in [5.74, 6) is 0.119. The Labute approximate surface area is 211 Å². The number of nitrogens with one attached hydrogen (secondary N) is 2. The number of carbonyl (C=O) groups excluding carboxylic acids is 2. The predicted molar refractivity (Wildman–Crippen MR) is 137 cm³/mol. The van der Waals surface area contributed by atoms with Gasteiger partial charge in [-0.3, -0.25) is 9.59 Å². The number of rotatable bonds is 10. The van der Waals surface area contributed by atoms with Crippen LogP contribution in [0.25, 0.3) is 0 Å². The summed E-state index contributed by atoms with van der Waals surface area (Å²) in [6.07, 6.45) is 1.10. The average Bonchev–Trinajstić information content (AvgIpc) is 2.81. The molecule has 34 heavy (non-hydrogen) atoms. The first-order valence-electron chi connectivity index (χ1n) is 10.5. The van der Waals surface area contributed by atoms with Gasteiger partial charge in [-0.2, -0.15) is 5.10 Å². The molecule has 0 saturated heterocycles. The molecule has 0 aliphatic heterocycles. The Morgan fingerprint density at radius 3 is 2.53 bits per heavy atom. The quantitative estimate of drug-likeness (QED) is 0.199. The number of halogens is 2. The third-order valence-electron chi connectivity index (χ3n) is 4.48. The number of hydrazone groups is 1. The summed E-state index contributed by atoms with van der Waals surface area (Å²) in [6.45, 7) is 2.62. The molecule has 0 fully saturated rings. The summed E-state index contributed by atoms with van der Waals surface area (Å²) in [4.78, 5) is 24.1. The Bertz CT molecular complexity index is 1190. The van der Waals surface area contributed by atoms with Crippen molar-refractivity contribution in [3.63, 3.8) is 0 Å². The van der Waals surface area contributed by atoms with Gasteiger partial charge in [0.2, 0.25) is 11.8 Å². The van der Waals surface area contributed by atoms with Crippen LogP contribution >= 0.6 is 27.5 Å². The van der Waals surface area contributed by atoms with Crippen molar-refractivity contribution in [3.8, 4) is 11.5 Å². The Morgan fingerprint density at radius 2 is 1.76 bits per heavy atom. The van der Waals surface area contributed by atoms with E-state index in [0.717, 1.165) is 10.0 Å². The predicted octanol–water partition coefficient (Wildman–Crippen LogP) is 5.56. The van der Waals surface area contributed by atoms with Crippen molar-refractivity contribution in [2.24, 2.45) is 5.10 Å². The molecule has 0 atom stereocenters. The van der Waals surface area contributed by atoms with Crippen molar-refractivity contribution in [2.75, 3.05) is 11.9 Å². The summed E-state index contributed by atoms with van der Waals surface area (Å²) in [5.41, 5.74) is 4.49. The monoisotopic (exact) mass is 543 g/mol. The van der Waals surface area contributed by atoms with E-state index in [9.17, 15) is 9.59 Å². The first-order chi connectivity index (χ1) is 16.5. The maximum Gasteiger partial charge on any atom is 0.249 e. The summed E-state index contributed by atoms with van der Waals surface area (Å²) in [7, 11) is 0. The zero-order chi connectivity index (χ0) is 24.3. The Morgan fingerprint density at radius 1 is 1.00 bits per heavy atom. The van der Waals surface area contributed by atoms with Gasteiger partial charge in [-0.25, -0.2) is 5.43 Å². The van der Waals surface area contributed by atoms with E-state index in [-0.39, 0.29) is 6.42 Å². The van der Waals surface area contributed by atoms with Crippen LogP contribution < -0.4 is 20.2 Å². The standard InChI is InChI=1S/C25H23BrClN3O4/c1-2-33-23-13-17(11-12-22(23)34-16-18-7-3-5-9-20(18)27)15-28-30-25(32)14-24(31)29-21-10-6-4-8-19(21)26/h3-13,15H,2,14,16H2,1H3,(H,29,31)(H,30,32). The maximum absolute atomic E-state index is 12.1. The molecule has 0 aliphatic carbocycles. The van der Waals surface area contributed by atoms with E-state index in [1.54, 1.807) is 36.4 Å².